The van der Waals surface area contributed by atoms with Crippen molar-refractivity contribution in [3.63, 3.8) is 0 Å². The molecule has 1 N–H and O–H groups in total. The Balaban J connectivity index is 1.76. The first-order valence-corrected chi connectivity index (χ1v) is 7.83. The molecule has 1 heterocycles. The Morgan fingerprint density at radius 2 is 1.64 bits per heavy atom. The van der Waals surface area contributed by atoms with E-state index in [1.807, 2.05) is 19.2 Å². The van der Waals surface area contributed by atoms with E-state index >= 15 is 0 Å². The molecule has 1 atom stereocenters. The number of ether oxygens (including phenoxy) is 2. The van der Waals surface area contributed by atoms with Crippen LogP contribution in [-0.2, 0) is 6.42 Å². The first-order chi connectivity index (χ1) is 10.7. The Labute approximate surface area is 132 Å². The molecule has 0 bridgehead atoms. The second-order valence-corrected chi connectivity index (χ2v) is 6.11. The molecule has 1 aliphatic rings. The Morgan fingerprint density at radius 3 is 2.32 bits per heavy atom. The van der Waals surface area contributed by atoms with Crippen LogP contribution >= 0.6 is 0 Å². The van der Waals surface area contributed by atoms with Crippen molar-refractivity contribution in [2.75, 3.05) is 13.8 Å². The lowest BCUT2D eigenvalue weighted by molar-refractivity contribution is 0.174. The van der Waals surface area contributed by atoms with Gasteiger partial charge in [0, 0.05) is 6.04 Å². The Morgan fingerprint density at radius 1 is 0.955 bits per heavy atom. The summed E-state index contributed by atoms with van der Waals surface area (Å²) in [6.45, 7) is 4.82. The van der Waals surface area contributed by atoms with Crippen molar-refractivity contribution in [3.05, 3.63) is 48.0 Å². The fraction of sp³-hybridized carbons (Fsp3) is 0.368. The van der Waals surface area contributed by atoms with Gasteiger partial charge in [0.25, 0.3) is 0 Å². The van der Waals surface area contributed by atoms with Crippen LogP contribution in [0.25, 0.3) is 11.1 Å². The van der Waals surface area contributed by atoms with Crippen molar-refractivity contribution < 1.29 is 9.47 Å². The zero-order chi connectivity index (χ0) is 15.5. The van der Waals surface area contributed by atoms with E-state index in [9.17, 15) is 0 Å². The zero-order valence-corrected chi connectivity index (χ0v) is 13.4. The highest BCUT2D eigenvalue weighted by molar-refractivity contribution is 5.67. The average molecular weight is 297 g/mol. The number of fused-ring (bicyclic) bond motifs is 1. The van der Waals surface area contributed by atoms with Gasteiger partial charge in [0.05, 0.1) is 0 Å². The van der Waals surface area contributed by atoms with E-state index in [0.29, 0.717) is 18.8 Å². The lowest BCUT2D eigenvalue weighted by Gasteiger charge is -2.20. The van der Waals surface area contributed by atoms with E-state index in [0.717, 1.165) is 23.5 Å². The summed E-state index contributed by atoms with van der Waals surface area (Å²) in [5.74, 6) is 2.28. The van der Waals surface area contributed by atoms with Gasteiger partial charge in [-0.3, -0.25) is 0 Å². The van der Waals surface area contributed by atoms with Crippen LogP contribution < -0.4 is 14.8 Å². The van der Waals surface area contributed by atoms with Gasteiger partial charge < -0.3 is 14.8 Å². The predicted molar refractivity (Wildman–Crippen MR) is 89.4 cm³/mol. The molecule has 0 saturated carbocycles. The van der Waals surface area contributed by atoms with Gasteiger partial charge in [-0.15, -0.1) is 0 Å². The summed E-state index contributed by atoms with van der Waals surface area (Å²) in [4.78, 5) is 0. The summed E-state index contributed by atoms with van der Waals surface area (Å²) >= 11 is 0. The number of rotatable bonds is 5. The number of likely N-dealkylation sites (N-methyl/N-ethyl adjacent to an activating group) is 1. The normalized spacial score (nSPS) is 14.4. The van der Waals surface area contributed by atoms with E-state index in [1.165, 1.54) is 11.1 Å². The van der Waals surface area contributed by atoms with Crippen molar-refractivity contribution >= 4 is 0 Å². The van der Waals surface area contributed by atoms with Crippen molar-refractivity contribution in [3.8, 4) is 22.6 Å². The third kappa shape index (κ3) is 3.09. The highest BCUT2D eigenvalue weighted by Gasteiger charge is 2.14. The van der Waals surface area contributed by atoms with Gasteiger partial charge >= 0.3 is 0 Å². The molecule has 0 amide bonds. The molecule has 3 rings (SSSR count). The number of hydrogen-bond donors (Lipinski definition) is 1. The highest BCUT2D eigenvalue weighted by atomic mass is 16.7. The van der Waals surface area contributed by atoms with E-state index in [-0.39, 0.29) is 0 Å². The summed E-state index contributed by atoms with van der Waals surface area (Å²) in [5, 5.41) is 3.39. The maximum atomic E-state index is 5.45. The SMILES string of the molecule is CNC(Cc1ccc(-c2ccc3c(c2)OCO3)cc1)C(C)C. The molecule has 0 aromatic heterocycles. The molecule has 2 aromatic carbocycles. The summed E-state index contributed by atoms with van der Waals surface area (Å²) in [6.07, 6.45) is 1.05. The number of hydrogen-bond acceptors (Lipinski definition) is 3. The summed E-state index contributed by atoms with van der Waals surface area (Å²) in [5.41, 5.74) is 3.72. The number of benzene rings is 2. The minimum Gasteiger partial charge on any atom is -0.454 e. The first-order valence-electron chi connectivity index (χ1n) is 7.83. The molecule has 0 aliphatic carbocycles. The zero-order valence-electron chi connectivity index (χ0n) is 13.4. The van der Waals surface area contributed by atoms with Crippen molar-refractivity contribution in [2.45, 2.75) is 26.3 Å². The quantitative estimate of drug-likeness (QED) is 0.909. The second-order valence-electron chi connectivity index (χ2n) is 6.11. The van der Waals surface area contributed by atoms with Crippen molar-refractivity contribution in [2.24, 2.45) is 5.92 Å². The Kier molecular flexibility index (Phi) is 4.34. The molecule has 22 heavy (non-hydrogen) atoms. The third-order valence-electron chi connectivity index (χ3n) is 4.29. The van der Waals surface area contributed by atoms with Gasteiger partial charge in [-0.05, 0) is 48.2 Å². The van der Waals surface area contributed by atoms with E-state index in [4.69, 9.17) is 9.47 Å². The van der Waals surface area contributed by atoms with E-state index < -0.39 is 0 Å². The van der Waals surface area contributed by atoms with Crippen LogP contribution in [0.15, 0.2) is 42.5 Å². The summed E-state index contributed by atoms with van der Waals surface area (Å²) < 4.78 is 10.8. The lowest BCUT2D eigenvalue weighted by atomic mass is 9.95. The van der Waals surface area contributed by atoms with Crippen LogP contribution in [0.1, 0.15) is 19.4 Å². The molecule has 2 aromatic rings. The molecule has 1 unspecified atom stereocenters. The minimum absolute atomic E-state index is 0.318. The van der Waals surface area contributed by atoms with Crippen LogP contribution in [0, 0.1) is 5.92 Å². The molecular weight excluding hydrogens is 274 g/mol. The summed E-state index contributed by atoms with van der Waals surface area (Å²) in [7, 11) is 2.03. The van der Waals surface area contributed by atoms with Crippen LogP contribution in [-0.4, -0.2) is 19.9 Å². The van der Waals surface area contributed by atoms with Gasteiger partial charge in [-0.1, -0.05) is 44.2 Å². The van der Waals surface area contributed by atoms with Gasteiger partial charge in [0.15, 0.2) is 11.5 Å². The van der Waals surface area contributed by atoms with Crippen LogP contribution in [0.4, 0.5) is 0 Å². The van der Waals surface area contributed by atoms with Crippen LogP contribution in [0.2, 0.25) is 0 Å². The molecule has 3 nitrogen and oxygen atoms in total. The average Bonchev–Trinajstić information content (AvgIpc) is 3.00. The monoisotopic (exact) mass is 297 g/mol. The molecular formula is C19H23NO2. The third-order valence-corrected chi connectivity index (χ3v) is 4.29. The van der Waals surface area contributed by atoms with E-state index in [2.05, 4.69) is 49.5 Å². The molecule has 0 fully saturated rings. The molecule has 116 valence electrons. The molecule has 0 spiro atoms. The molecule has 1 aliphatic heterocycles. The Bertz CT molecular complexity index is 634. The first kappa shape index (κ1) is 14.9. The van der Waals surface area contributed by atoms with E-state index in [1.54, 1.807) is 0 Å². The fourth-order valence-corrected chi connectivity index (χ4v) is 2.83. The molecule has 3 heteroatoms. The number of nitrogens with one attached hydrogen (secondary N) is 1. The van der Waals surface area contributed by atoms with Gasteiger partial charge in [0.1, 0.15) is 0 Å². The predicted octanol–water partition coefficient (Wildman–Crippen LogP) is 3.87. The molecule has 0 saturated heterocycles. The smallest absolute Gasteiger partial charge is 0.231 e. The highest BCUT2D eigenvalue weighted by Crippen LogP contribution is 2.35. The van der Waals surface area contributed by atoms with Crippen LogP contribution in [0.5, 0.6) is 11.5 Å². The fourth-order valence-electron chi connectivity index (χ4n) is 2.83. The largest absolute Gasteiger partial charge is 0.454 e. The standard InChI is InChI=1S/C19H23NO2/c1-13(2)17(20-3)10-14-4-6-15(7-5-14)16-8-9-18-19(11-16)22-12-21-18/h4-9,11,13,17,20H,10,12H2,1-3H3. The molecule has 0 radical (unpaired) electrons. The van der Waals surface area contributed by atoms with Crippen LogP contribution in [0.3, 0.4) is 0 Å². The van der Waals surface area contributed by atoms with Gasteiger partial charge in [-0.25, -0.2) is 0 Å². The maximum absolute atomic E-state index is 5.45. The topological polar surface area (TPSA) is 30.5 Å². The summed E-state index contributed by atoms with van der Waals surface area (Å²) in [6, 6.07) is 15.4. The van der Waals surface area contributed by atoms with Crippen molar-refractivity contribution in [1.29, 1.82) is 0 Å². The maximum Gasteiger partial charge on any atom is 0.231 e. The lowest BCUT2D eigenvalue weighted by Crippen LogP contribution is -2.32. The van der Waals surface area contributed by atoms with Gasteiger partial charge in [0.2, 0.25) is 6.79 Å². The Hall–Kier alpha value is -2.00. The minimum atomic E-state index is 0.318. The second kappa shape index (κ2) is 6.41. The van der Waals surface area contributed by atoms with Gasteiger partial charge in [-0.2, -0.15) is 0 Å². The van der Waals surface area contributed by atoms with Crippen molar-refractivity contribution in [1.82, 2.24) is 5.32 Å².